The molecule has 5 nitrogen and oxygen atoms in total. The van der Waals surface area contributed by atoms with Gasteiger partial charge in [0.15, 0.2) is 0 Å². The number of sulfonamides is 1. The van der Waals surface area contributed by atoms with Gasteiger partial charge in [0.1, 0.15) is 0 Å². The van der Waals surface area contributed by atoms with Gasteiger partial charge in [0.2, 0.25) is 15.9 Å². The van der Waals surface area contributed by atoms with E-state index in [-0.39, 0.29) is 5.91 Å². The van der Waals surface area contributed by atoms with Crippen LogP contribution in [-0.2, 0) is 14.8 Å². The second kappa shape index (κ2) is 6.84. The van der Waals surface area contributed by atoms with Crippen molar-refractivity contribution in [3.05, 3.63) is 29.8 Å². The Hall–Kier alpha value is -1.40. The molecule has 2 heterocycles. The first-order chi connectivity index (χ1) is 11.4. The predicted octanol–water partition coefficient (Wildman–Crippen LogP) is 2.26. The highest BCUT2D eigenvalue weighted by Gasteiger charge is 2.37. The Balaban J connectivity index is 1.66. The number of hydrogen-bond acceptors (Lipinski definition) is 3. The predicted molar refractivity (Wildman–Crippen MR) is 93.0 cm³/mol. The van der Waals surface area contributed by atoms with Crippen molar-refractivity contribution in [1.29, 1.82) is 0 Å². The molecule has 1 atom stereocenters. The molecular weight excluding hydrogens is 324 g/mol. The zero-order valence-electron chi connectivity index (χ0n) is 14.4. The summed E-state index contributed by atoms with van der Waals surface area (Å²) in [6.07, 6.45) is 2.90. The molecule has 0 bridgehead atoms. The zero-order chi connectivity index (χ0) is 17.3. The summed E-state index contributed by atoms with van der Waals surface area (Å²) in [6, 6.07) is 7.19. The normalized spacial score (nSPS) is 23.6. The molecule has 6 heteroatoms. The zero-order valence-corrected chi connectivity index (χ0v) is 15.3. The highest BCUT2D eigenvalue weighted by molar-refractivity contribution is 7.89. The Bertz CT molecular complexity index is 709. The minimum atomic E-state index is -3.40. The molecule has 2 aliphatic heterocycles. The summed E-state index contributed by atoms with van der Waals surface area (Å²) in [5.74, 6) is 1.08. The molecule has 1 aromatic rings. The fourth-order valence-corrected chi connectivity index (χ4v) is 5.76. The van der Waals surface area contributed by atoms with Crippen LogP contribution >= 0.6 is 0 Å². The van der Waals surface area contributed by atoms with Crippen molar-refractivity contribution >= 4 is 15.9 Å². The van der Waals surface area contributed by atoms with E-state index in [0.29, 0.717) is 29.8 Å². The number of aryl methyl sites for hydroxylation is 1. The quantitative estimate of drug-likeness (QED) is 0.840. The number of amides is 1. The Kier molecular flexibility index (Phi) is 4.97. The summed E-state index contributed by atoms with van der Waals surface area (Å²) in [6.45, 7) is 6.29. The topological polar surface area (TPSA) is 57.7 Å². The number of piperidine rings is 1. The van der Waals surface area contributed by atoms with E-state index in [4.69, 9.17) is 0 Å². The number of rotatable bonds is 3. The van der Waals surface area contributed by atoms with Gasteiger partial charge in [-0.3, -0.25) is 4.79 Å². The van der Waals surface area contributed by atoms with Crippen molar-refractivity contribution in [2.45, 2.75) is 38.0 Å². The lowest BCUT2D eigenvalue weighted by Gasteiger charge is -2.34. The molecule has 0 spiro atoms. The van der Waals surface area contributed by atoms with E-state index in [2.05, 4.69) is 0 Å². The fourth-order valence-electron chi connectivity index (χ4n) is 4.03. The Morgan fingerprint density at radius 1 is 1.04 bits per heavy atom. The van der Waals surface area contributed by atoms with E-state index in [0.717, 1.165) is 37.9 Å². The molecule has 1 unspecified atom stereocenters. The maximum absolute atomic E-state index is 12.9. The lowest BCUT2D eigenvalue weighted by Crippen LogP contribution is -2.39. The second-order valence-corrected chi connectivity index (χ2v) is 8.93. The van der Waals surface area contributed by atoms with Gasteiger partial charge in [0.05, 0.1) is 4.90 Å². The van der Waals surface area contributed by atoms with Crippen LogP contribution in [0.15, 0.2) is 29.2 Å². The molecule has 0 N–H and O–H groups in total. The number of hydrogen-bond donors (Lipinski definition) is 0. The lowest BCUT2D eigenvalue weighted by atomic mass is 9.84. The summed E-state index contributed by atoms with van der Waals surface area (Å²) >= 11 is 0. The number of benzene rings is 1. The third kappa shape index (κ3) is 3.35. The van der Waals surface area contributed by atoms with Gasteiger partial charge in [-0.2, -0.15) is 4.31 Å². The van der Waals surface area contributed by atoms with Gasteiger partial charge in [-0.1, -0.05) is 18.2 Å². The van der Waals surface area contributed by atoms with Crippen LogP contribution in [0, 0.1) is 18.8 Å². The molecule has 24 heavy (non-hydrogen) atoms. The third-order valence-corrected chi connectivity index (χ3v) is 7.58. The first-order valence-electron chi connectivity index (χ1n) is 8.71. The molecule has 0 aromatic heterocycles. The molecule has 132 valence electrons. The van der Waals surface area contributed by atoms with Crippen molar-refractivity contribution in [1.82, 2.24) is 9.21 Å². The van der Waals surface area contributed by atoms with E-state index >= 15 is 0 Å². The van der Waals surface area contributed by atoms with Gasteiger partial charge < -0.3 is 4.90 Å². The number of likely N-dealkylation sites (tertiary alicyclic amines) is 1. The molecular formula is C18H26N2O3S. The average Bonchev–Trinajstić information content (AvgIpc) is 3.06. The smallest absolute Gasteiger partial charge is 0.243 e. The summed E-state index contributed by atoms with van der Waals surface area (Å²) in [5, 5.41) is 0. The average molecular weight is 350 g/mol. The van der Waals surface area contributed by atoms with E-state index in [1.165, 1.54) is 0 Å². The molecule has 1 aromatic carbocycles. The van der Waals surface area contributed by atoms with Crippen molar-refractivity contribution in [3.63, 3.8) is 0 Å². The largest absolute Gasteiger partial charge is 0.343 e. The third-order valence-electron chi connectivity index (χ3n) is 5.55. The number of carbonyl (C=O) groups excluding carboxylic acids is 1. The van der Waals surface area contributed by atoms with Crippen LogP contribution in [0.2, 0.25) is 0 Å². The van der Waals surface area contributed by atoms with Gasteiger partial charge >= 0.3 is 0 Å². The van der Waals surface area contributed by atoms with E-state index in [9.17, 15) is 13.2 Å². The van der Waals surface area contributed by atoms with Gasteiger partial charge in [0, 0.05) is 33.1 Å². The summed E-state index contributed by atoms with van der Waals surface area (Å²) in [7, 11) is -3.40. The van der Waals surface area contributed by atoms with Crippen LogP contribution in [-0.4, -0.2) is 49.7 Å². The summed E-state index contributed by atoms with van der Waals surface area (Å²) in [5.41, 5.74) is 0.802. The van der Waals surface area contributed by atoms with Gasteiger partial charge in [-0.05, 0) is 49.7 Å². The molecule has 2 saturated heterocycles. The fraction of sp³-hybridized carbons (Fsp3) is 0.611. The summed E-state index contributed by atoms with van der Waals surface area (Å²) in [4.78, 5) is 13.8. The Morgan fingerprint density at radius 3 is 2.29 bits per heavy atom. The monoisotopic (exact) mass is 350 g/mol. The molecule has 0 saturated carbocycles. The van der Waals surface area contributed by atoms with Crippen LogP contribution in [0.4, 0.5) is 0 Å². The van der Waals surface area contributed by atoms with Crippen molar-refractivity contribution in [2.24, 2.45) is 11.8 Å². The molecule has 0 radical (unpaired) electrons. The minimum Gasteiger partial charge on any atom is -0.343 e. The second-order valence-electron chi connectivity index (χ2n) is 7.02. The van der Waals surface area contributed by atoms with Crippen LogP contribution in [0.25, 0.3) is 0 Å². The number of nitrogens with zero attached hydrogens (tertiary/aromatic N) is 2. The van der Waals surface area contributed by atoms with Crippen LogP contribution < -0.4 is 0 Å². The van der Waals surface area contributed by atoms with Gasteiger partial charge in [-0.15, -0.1) is 0 Å². The van der Waals surface area contributed by atoms with Crippen molar-refractivity contribution in [2.75, 3.05) is 26.2 Å². The van der Waals surface area contributed by atoms with Crippen molar-refractivity contribution < 1.29 is 13.2 Å². The van der Waals surface area contributed by atoms with Crippen LogP contribution in [0.5, 0.6) is 0 Å². The van der Waals surface area contributed by atoms with Crippen LogP contribution in [0.3, 0.4) is 0 Å². The molecule has 2 fully saturated rings. The molecule has 1 amide bonds. The molecule has 2 aliphatic rings. The van der Waals surface area contributed by atoms with Gasteiger partial charge in [-0.25, -0.2) is 8.42 Å². The lowest BCUT2D eigenvalue weighted by molar-refractivity contribution is -0.130. The minimum absolute atomic E-state index is 0.142. The number of carbonyl (C=O) groups is 1. The van der Waals surface area contributed by atoms with E-state index in [1.54, 1.807) is 23.4 Å². The summed E-state index contributed by atoms with van der Waals surface area (Å²) < 4.78 is 27.4. The SMILES string of the molecule is CC(=O)N1CCC(C2CCN(S(=O)(=O)c3ccccc3C)C2)CC1. The Labute approximate surface area is 144 Å². The van der Waals surface area contributed by atoms with E-state index in [1.807, 2.05) is 24.0 Å². The Morgan fingerprint density at radius 2 is 1.67 bits per heavy atom. The van der Waals surface area contributed by atoms with Gasteiger partial charge in [0.25, 0.3) is 0 Å². The molecule has 0 aliphatic carbocycles. The van der Waals surface area contributed by atoms with Crippen LogP contribution in [0.1, 0.15) is 31.7 Å². The standard InChI is InChI=1S/C18H26N2O3S/c1-14-5-3-4-6-18(14)24(22,23)20-12-9-17(13-20)16-7-10-19(11-8-16)15(2)21/h3-6,16-17H,7-13H2,1-2H3. The van der Waals surface area contributed by atoms with Crippen molar-refractivity contribution in [3.8, 4) is 0 Å². The maximum Gasteiger partial charge on any atom is 0.243 e. The first kappa shape index (κ1) is 17.4. The molecule has 3 rings (SSSR count). The van der Waals surface area contributed by atoms with E-state index < -0.39 is 10.0 Å². The maximum atomic E-state index is 12.9. The first-order valence-corrected chi connectivity index (χ1v) is 10.1. The highest BCUT2D eigenvalue weighted by Crippen LogP contribution is 2.34. The highest BCUT2D eigenvalue weighted by atomic mass is 32.2.